The highest BCUT2D eigenvalue weighted by atomic mass is 16.5. The highest BCUT2D eigenvalue weighted by molar-refractivity contribution is 5.95. The first kappa shape index (κ1) is 10.1. The number of nitrogens with zero attached hydrogens (tertiary/aromatic N) is 2. The van der Waals surface area contributed by atoms with Gasteiger partial charge in [0.2, 0.25) is 0 Å². The maximum atomic E-state index is 11.0. The van der Waals surface area contributed by atoms with Gasteiger partial charge in [-0.2, -0.15) is 0 Å². The zero-order chi connectivity index (χ0) is 12.0. The second-order valence-electron chi connectivity index (χ2n) is 4.23. The van der Waals surface area contributed by atoms with E-state index >= 15 is 0 Å². The Hall–Kier alpha value is -2.04. The van der Waals surface area contributed by atoms with Gasteiger partial charge in [0.05, 0.1) is 24.5 Å². The fourth-order valence-corrected chi connectivity index (χ4v) is 2.02. The van der Waals surface area contributed by atoms with Crippen molar-refractivity contribution in [1.29, 1.82) is 0 Å². The van der Waals surface area contributed by atoms with Gasteiger partial charge in [-0.05, 0) is 25.0 Å². The minimum absolute atomic E-state index is 0.233. The molecule has 2 aromatic rings. The number of benzene rings is 1. The monoisotopic (exact) mass is 232 g/mol. The molecule has 0 spiro atoms. The molecule has 0 unspecified atom stereocenters. The molecular weight excluding hydrogens is 220 g/mol. The lowest BCUT2D eigenvalue weighted by Gasteiger charge is -2.05. The van der Waals surface area contributed by atoms with Crippen molar-refractivity contribution in [3.05, 3.63) is 24.0 Å². The van der Waals surface area contributed by atoms with Gasteiger partial charge in [0.25, 0.3) is 0 Å². The van der Waals surface area contributed by atoms with Gasteiger partial charge in [0, 0.05) is 6.04 Å². The SMILES string of the molecule is COc1cc(C(=O)O)cc2c1ncn2C1CC1. The zero-order valence-electron chi connectivity index (χ0n) is 9.38. The Kier molecular flexibility index (Phi) is 2.07. The third kappa shape index (κ3) is 1.54. The van der Waals surface area contributed by atoms with Crippen LogP contribution < -0.4 is 4.74 Å². The molecule has 1 aliphatic rings. The molecular formula is C12H12N2O3. The van der Waals surface area contributed by atoms with Crippen molar-refractivity contribution in [2.45, 2.75) is 18.9 Å². The van der Waals surface area contributed by atoms with E-state index in [9.17, 15) is 4.79 Å². The number of carboxylic acid groups (broad SMARTS) is 1. The van der Waals surface area contributed by atoms with Crippen LogP contribution in [0, 0.1) is 0 Å². The van der Waals surface area contributed by atoms with E-state index in [4.69, 9.17) is 9.84 Å². The summed E-state index contributed by atoms with van der Waals surface area (Å²) in [6.07, 6.45) is 4.02. The van der Waals surface area contributed by atoms with Crippen LogP contribution in [0.2, 0.25) is 0 Å². The highest BCUT2D eigenvalue weighted by Crippen LogP contribution is 2.38. The van der Waals surface area contributed by atoms with Gasteiger partial charge in [-0.25, -0.2) is 9.78 Å². The van der Waals surface area contributed by atoms with Crippen molar-refractivity contribution in [2.75, 3.05) is 7.11 Å². The van der Waals surface area contributed by atoms with Gasteiger partial charge >= 0.3 is 5.97 Å². The minimum atomic E-state index is -0.950. The fraction of sp³-hybridized carbons (Fsp3) is 0.333. The summed E-state index contributed by atoms with van der Waals surface area (Å²) in [5, 5.41) is 9.06. The number of rotatable bonds is 3. The van der Waals surface area contributed by atoms with Gasteiger partial charge in [-0.15, -0.1) is 0 Å². The predicted molar refractivity (Wildman–Crippen MR) is 61.5 cm³/mol. The minimum Gasteiger partial charge on any atom is -0.494 e. The summed E-state index contributed by atoms with van der Waals surface area (Å²) >= 11 is 0. The lowest BCUT2D eigenvalue weighted by atomic mass is 10.2. The maximum Gasteiger partial charge on any atom is 0.335 e. The highest BCUT2D eigenvalue weighted by Gasteiger charge is 2.26. The van der Waals surface area contributed by atoms with Crippen molar-refractivity contribution in [1.82, 2.24) is 9.55 Å². The summed E-state index contributed by atoms with van der Waals surface area (Å²) in [6.45, 7) is 0. The van der Waals surface area contributed by atoms with Gasteiger partial charge in [-0.1, -0.05) is 0 Å². The summed E-state index contributed by atoms with van der Waals surface area (Å²) in [6, 6.07) is 3.63. The third-order valence-corrected chi connectivity index (χ3v) is 3.05. The third-order valence-electron chi connectivity index (χ3n) is 3.05. The van der Waals surface area contributed by atoms with Crippen molar-refractivity contribution < 1.29 is 14.6 Å². The standard InChI is InChI=1S/C12H12N2O3/c1-17-10-5-7(12(15)16)4-9-11(10)13-6-14(9)8-2-3-8/h4-6,8H,2-3H2,1H3,(H,15,16). The zero-order valence-corrected chi connectivity index (χ0v) is 9.38. The maximum absolute atomic E-state index is 11.0. The summed E-state index contributed by atoms with van der Waals surface area (Å²) in [7, 11) is 1.52. The predicted octanol–water partition coefficient (Wildman–Crippen LogP) is 2.08. The number of hydrogen-bond donors (Lipinski definition) is 1. The van der Waals surface area contributed by atoms with Crippen molar-refractivity contribution in [2.24, 2.45) is 0 Å². The Morgan fingerprint density at radius 1 is 1.53 bits per heavy atom. The van der Waals surface area contributed by atoms with E-state index in [1.807, 2.05) is 4.57 Å². The van der Waals surface area contributed by atoms with E-state index < -0.39 is 5.97 Å². The molecule has 1 heterocycles. The number of aromatic carboxylic acids is 1. The largest absolute Gasteiger partial charge is 0.494 e. The molecule has 0 aliphatic heterocycles. The number of carbonyl (C=O) groups is 1. The van der Waals surface area contributed by atoms with E-state index in [0.29, 0.717) is 11.8 Å². The van der Waals surface area contributed by atoms with E-state index in [1.54, 1.807) is 12.4 Å². The molecule has 1 fully saturated rings. The Morgan fingerprint density at radius 3 is 2.88 bits per heavy atom. The lowest BCUT2D eigenvalue weighted by Crippen LogP contribution is -1.99. The van der Waals surface area contributed by atoms with Crippen LogP contribution >= 0.6 is 0 Å². The molecule has 17 heavy (non-hydrogen) atoms. The molecule has 5 heteroatoms. The molecule has 1 aromatic heterocycles. The molecule has 0 radical (unpaired) electrons. The van der Waals surface area contributed by atoms with Gasteiger partial charge in [0.15, 0.2) is 0 Å². The number of carboxylic acids is 1. The smallest absolute Gasteiger partial charge is 0.335 e. The van der Waals surface area contributed by atoms with Crippen molar-refractivity contribution in [3.63, 3.8) is 0 Å². The molecule has 1 N–H and O–H groups in total. The normalized spacial score (nSPS) is 15.1. The summed E-state index contributed by atoms with van der Waals surface area (Å²) in [5.74, 6) is -0.437. The Labute approximate surface area is 97.6 Å². The Bertz CT molecular complexity index is 599. The number of imidazole rings is 1. The Morgan fingerprint density at radius 2 is 2.29 bits per heavy atom. The number of fused-ring (bicyclic) bond motifs is 1. The quantitative estimate of drug-likeness (QED) is 0.879. The molecule has 0 saturated heterocycles. The van der Waals surface area contributed by atoms with Gasteiger partial charge in [0.1, 0.15) is 11.3 Å². The molecule has 5 nitrogen and oxygen atoms in total. The van der Waals surface area contributed by atoms with E-state index in [0.717, 1.165) is 23.9 Å². The summed E-state index contributed by atoms with van der Waals surface area (Å²) < 4.78 is 7.22. The number of aromatic nitrogens is 2. The average Bonchev–Trinajstić information content (AvgIpc) is 3.07. The molecule has 3 rings (SSSR count). The molecule has 1 aromatic carbocycles. The molecule has 0 atom stereocenters. The molecule has 1 saturated carbocycles. The average molecular weight is 232 g/mol. The molecule has 0 amide bonds. The van der Waals surface area contributed by atoms with Crippen LogP contribution in [-0.4, -0.2) is 27.7 Å². The number of hydrogen-bond acceptors (Lipinski definition) is 3. The van der Waals surface area contributed by atoms with Crippen LogP contribution in [0.15, 0.2) is 18.5 Å². The first-order valence-corrected chi connectivity index (χ1v) is 5.48. The molecule has 1 aliphatic carbocycles. The van der Waals surface area contributed by atoms with Crippen molar-refractivity contribution in [3.8, 4) is 5.75 Å². The second-order valence-corrected chi connectivity index (χ2v) is 4.23. The van der Waals surface area contributed by atoms with Gasteiger partial charge in [-0.3, -0.25) is 0 Å². The summed E-state index contributed by atoms with van der Waals surface area (Å²) in [5.41, 5.74) is 1.80. The summed E-state index contributed by atoms with van der Waals surface area (Å²) in [4.78, 5) is 15.3. The second kappa shape index (κ2) is 3.48. The van der Waals surface area contributed by atoms with Crippen LogP contribution in [0.4, 0.5) is 0 Å². The van der Waals surface area contributed by atoms with Crippen LogP contribution in [0.1, 0.15) is 29.2 Å². The topological polar surface area (TPSA) is 64.3 Å². The lowest BCUT2D eigenvalue weighted by molar-refractivity contribution is 0.0696. The first-order chi connectivity index (χ1) is 8.20. The van der Waals surface area contributed by atoms with Gasteiger partial charge < -0.3 is 14.4 Å². The van der Waals surface area contributed by atoms with Crippen LogP contribution in [-0.2, 0) is 0 Å². The number of methoxy groups -OCH3 is 1. The molecule has 0 bridgehead atoms. The fourth-order valence-electron chi connectivity index (χ4n) is 2.02. The first-order valence-electron chi connectivity index (χ1n) is 5.48. The van der Waals surface area contributed by atoms with E-state index in [2.05, 4.69) is 4.98 Å². The Balaban J connectivity index is 2.27. The van der Waals surface area contributed by atoms with Crippen LogP contribution in [0.3, 0.4) is 0 Å². The van der Waals surface area contributed by atoms with E-state index in [1.165, 1.54) is 13.2 Å². The van der Waals surface area contributed by atoms with E-state index in [-0.39, 0.29) is 5.56 Å². The van der Waals surface area contributed by atoms with Crippen molar-refractivity contribution >= 4 is 17.0 Å². The number of ether oxygens (including phenoxy) is 1. The molecule has 88 valence electrons. The van der Waals surface area contributed by atoms with Crippen LogP contribution in [0.25, 0.3) is 11.0 Å². The van der Waals surface area contributed by atoms with Crippen LogP contribution in [0.5, 0.6) is 5.75 Å².